The molecule has 134 valence electrons. The molecule has 2 aromatic carbocycles. The number of carbonyl (C=O) groups excluding carboxylic acids is 1. The van der Waals surface area contributed by atoms with Gasteiger partial charge in [0.1, 0.15) is 0 Å². The van der Waals surface area contributed by atoms with Gasteiger partial charge in [-0.1, -0.05) is 41.4 Å². The molecule has 0 spiro atoms. The SMILES string of the molecule is CN(C)S(=O)(=O)c1ccc(CNC(=O)Cc2ccc(Cl)cc2Cl)cc1. The third kappa shape index (κ3) is 5.19. The number of sulfonamides is 1. The van der Waals surface area contributed by atoms with Crippen LogP contribution in [0.4, 0.5) is 0 Å². The molecule has 0 heterocycles. The van der Waals surface area contributed by atoms with Crippen LogP contribution in [0.15, 0.2) is 47.4 Å². The molecular weight excluding hydrogens is 383 g/mol. The van der Waals surface area contributed by atoms with Crippen LogP contribution < -0.4 is 5.32 Å². The Morgan fingerprint density at radius 3 is 2.28 bits per heavy atom. The quantitative estimate of drug-likeness (QED) is 0.809. The van der Waals surface area contributed by atoms with Crippen molar-refractivity contribution in [2.75, 3.05) is 14.1 Å². The summed E-state index contributed by atoms with van der Waals surface area (Å²) >= 11 is 11.9. The normalized spacial score (nSPS) is 11.6. The van der Waals surface area contributed by atoms with E-state index in [9.17, 15) is 13.2 Å². The summed E-state index contributed by atoms with van der Waals surface area (Å²) in [5.41, 5.74) is 1.49. The number of hydrogen-bond acceptors (Lipinski definition) is 3. The lowest BCUT2D eigenvalue weighted by atomic mass is 10.1. The third-order valence-corrected chi connectivity index (χ3v) is 5.97. The number of halogens is 2. The molecule has 0 aliphatic heterocycles. The Kier molecular flexibility index (Phi) is 6.46. The average Bonchev–Trinajstić information content (AvgIpc) is 2.56. The fraction of sp³-hybridized carbons (Fsp3) is 0.235. The van der Waals surface area contributed by atoms with E-state index in [0.717, 1.165) is 9.87 Å². The van der Waals surface area contributed by atoms with Crippen molar-refractivity contribution in [3.63, 3.8) is 0 Å². The van der Waals surface area contributed by atoms with E-state index < -0.39 is 10.0 Å². The van der Waals surface area contributed by atoms with E-state index in [1.54, 1.807) is 30.3 Å². The highest BCUT2D eigenvalue weighted by Crippen LogP contribution is 2.21. The van der Waals surface area contributed by atoms with Gasteiger partial charge in [0.25, 0.3) is 0 Å². The van der Waals surface area contributed by atoms with Gasteiger partial charge in [-0.05, 0) is 35.4 Å². The summed E-state index contributed by atoms with van der Waals surface area (Å²) < 4.78 is 25.2. The Balaban J connectivity index is 1.96. The van der Waals surface area contributed by atoms with Gasteiger partial charge in [-0.15, -0.1) is 0 Å². The monoisotopic (exact) mass is 400 g/mol. The van der Waals surface area contributed by atoms with Crippen LogP contribution in [0.1, 0.15) is 11.1 Å². The number of amides is 1. The van der Waals surface area contributed by atoms with Gasteiger partial charge in [0.05, 0.1) is 11.3 Å². The van der Waals surface area contributed by atoms with Crippen LogP contribution in [0.3, 0.4) is 0 Å². The maximum absolute atomic E-state index is 12.0. The van der Waals surface area contributed by atoms with Crippen molar-refractivity contribution in [1.82, 2.24) is 9.62 Å². The number of benzene rings is 2. The highest BCUT2D eigenvalue weighted by molar-refractivity contribution is 7.89. The third-order valence-electron chi connectivity index (χ3n) is 3.56. The highest BCUT2D eigenvalue weighted by Gasteiger charge is 2.16. The molecule has 2 aromatic rings. The van der Waals surface area contributed by atoms with Gasteiger partial charge in [0.15, 0.2) is 0 Å². The van der Waals surface area contributed by atoms with Crippen LogP contribution >= 0.6 is 23.2 Å². The molecule has 0 unspecified atom stereocenters. The lowest BCUT2D eigenvalue weighted by molar-refractivity contribution is -0.120. The second kappa shape index (κ2) is 8.19. The molecule has 0 fully saturated rings. The molecule has 1 N–H and O–H groups in total. The zero-order chi connectivity index (χ0) is 18.6. The van der Waals surface area contributed by atoms with Gasteiger partial charge < -0.3 is 5.32 Å². The second-order valence-corrected chi connectivity index (χ2v) is 8.62. The van der Waals surface area contributed by atoms with Gasteiger partial charge >= 0.3 is 0 Å². The molecular formula is C17H18Cl2N2O3S. The molecule has 1 amide bonds. The maximum atomic E-state index is 12.0. The Hall–Kier alpha value is -1.60. The molecule has 25 heavy (non-hydrogen) atoms. The molecule has 8 heteroatoms. The lowest BCUT2D eigenvalue weighted by Gasteiger charge is -2.12. The zero-order valence-electron chi connectivity index (χ0n) is 13.8. The molecule has 2 rings (SSSR count). The van der Waals surface area contributed by atoms with Crippen molar-refractivity contribution in [3.8, 4) is 0 Å². The second-order valence-electron chi connectivity index (χ2n) is 5.62. The van der Waals surface area contributed by atoms with Crippen LogP contribution in [0, 0.1) is 0 Å². The highest BCUT2D eigenvalue weighted by atomic mass is 35.5. The molecule has 0 aliphatic rings. The van der Waals surface area contributed by atoms with Gasteiger partial charge in [0.2, 0.25) is 15.9 Å². The first-order valence-corrected chi connectivity index (χ1v) is 9.62. The summed E-state index contributed by atoms with van der Waals surface area (Å²) in [6.07, 6.45) is 0.142. The number of nitrogens with one attached hydrogen (secondary N) is 1. The molecule has 0 atom stereocenters. The van der Waals surface area contributed by atoms with Crippen LogP contribution in [-0.2, 0) is 27.8 Å². The summed E-state index contributed by atoms with van der Waals surface area (Å²) in [4.78, 5) is 12.2. The van der Waals surface area contributed by atoms with E-state index in [-0.39, 0.29) is 17.2 Å². The molecule has 0 saturated carbocycles. The van der Waals surface area contributed by atoms with Gasteiger partial charge in [-0.3, -0.25) is 4.79 Å². The standard InChI is InChI=1S/C17H18Cl2N2O3S/c1-21(2)25(23,24)15-7-3-12(4-8-15)11-20-17(22)9-13-5-6-14(18)10-16(13)19/h3-8,10H,9,11H2,1-2H3,(H,20,22). The van der Waals surface area contributed by atoms with Gasteiger partial charge in [0, 0.05) is 30.7 Å². The maximum Gasteiger partial charge on any atom is 0.242 e. The number of hydrogen-bond donors (Lipinski definition) is 1. The molecule has 0 saturated heterocycles. The molecule has 0 bridgehead atoms. The molecule has 0 aliphatic carbocycles. The predicted octanol–water partition coefficient (Wildman–Crippen LogP) is 3.10. The van der Waals surface area contributed by atoms with Crippen molar-refractivity contribution in [1.29, 1.82) is 0 Å². The van der Waals surface area contributed by atoms with Crippen molar-refractivity contribution in [2.24, 2.45) is 0 Å². The van der Waals surface area contributed by atoms with E-state index in [4.69, 9.17) is 23.2 Å². The van der Waals surface area contributed by atoms with Gasteiger partial charge in [-0.25, -0.2) is 12.7 Å². The summed E-state index contributed by atoms with van der Waals surface area (Å²) in [5.74, 6) is -0.186. The largest absolute Gasteiger partial charge is 0.352 e. The summed E-state index contributed by atoms with van der Waals surface area (Å²) in [6, 6.07) is 11.4. The molecule has 0 radical (unpaired) electrons. The van der Waals surface area contributed by atoms with E-state index in [0.29, 0.717) is 22.2 Å². The van der Waals surface area contributed by atoms with Gasteiger partial charge in [-0.2, -0.15) is 0 Å². The predicted molar refractivity (Wildman–Crippen MR) is 99.3 cm³/mol. The first-order valence-electron chi connectivity index (χ1n) is 7.42. The summed E-state index contributed by atoms with van der Waals surface area (Å²) in [5, 5.41) is 3.74. The van der Waals surface area contributed by atoms with Crippen LogP contribution in [0.2, 0.25) is 10.0 Å². The number of carbonyl (C=O) groups is 1. The Bertz CT molecular complexity index is 866. The first kappa shape index (κ1) is 19.7. The Morgan fingerprint density at radius 1 is 1.08 bits per heavy atom. The van der Waals surface area contributed by atoms with Crippen LogP contribution in [-0.4, -0.2) is 32.7 Å². The Labute approximate surface area is 157 Å². The minimum Gasteiger partial charge on any atom is -0.352 e. The average molecular weight is 401 g/mol. The van der Waals surface area contributed by atoms with Crippen LogP contribution in [0.25, 0.3) is 0 Å². The van der Waals surface area contributed by atoms with Crippen molar-refractivity contribution < 1.29 is 13.2 Å². The zero-order valence-corrected chi connectivity index (χ0v) is 16.1. The molecule has 5 nitrogen and oxygen atoms in total. The van der Waals surface area contributed by atoms with E-state index in [1.165, 1.54) is 26.2 Å². The smallest absolute Gasteiger partial charge is 0.242 e. The minimum absolute atomic E-state index is 0.142. The summed E-state index contributed by atoms with van der Waals surface area (Å²) in [7, 11) is -0.498. The fourth-order valence-electron chi connectivity index (χ4n) is 2.09. The Morgan fingerprint density at radius 2 is 1.72 bits per heavy atom. The van der Waals surface area contributed by atoms with E-state index in [2.05, 4.69) is 5.32 Å². The minimum atomic E-state index is -3.45. The molecule has 0 aromatic heterocycles. The lowest BCUT2D eigenvalue weighted by Crippen LogP contribution is -2.25. The van der Waals surface area contributed by atoms with Crippen LogP contribution in [0.5, 0.6) is 0 Å². The van der Waals surface area contributed by atoms with E-state index in [1.807, 2.05) is 0 Å². The van der Waals surface area contributed by atoms with Crippen molar-refractivity contribution in [3.05, 3.63) is 63.6 Å². The van der Waals surface area contributed by atoms with E-state index >= 15 is 0 Å². The first-order chi connectivity index (χ1) is 11.7. The topological polar surface area (TPSA) is 66.5 Å². The number of rotatable bonds is 6. The fourth-order valence-corrected chi connectivity index (χ4v) is 3.47. The van der Waals surface area contributed by atoms with Crippen molar-refractivity contribution in [2.45, 2.75) is 17.9 Å². The van der Waals surface area contributed by atoms with Crippen molar-refractivity contribution >= 4 is 39.1 Å². The number of nitrogens with zero attached hydrogens (tertiary/aromatic N) is 1. The summed E-state index contributed by atoms with van der Waals surface area (Å²) in [6.45, 7) is 0.298.